The van der Waals surface area contributed by atoms with E-state index in [1.807, 2.05) is 32.9 Å². The highest BCUT2D eigenvalue weighted by Crippen LogP contribution is 2.41. The van der Waals surface area contributed by atoms with E-state index in [2.05, 4.69) is 16.6 Å². The van der Waals surface area contributed by atoms with Crippen LogP contribution in [-0.4, -0.2) is 37.9 Å². The molecule has 0 aromatic heterocycles. The number of benzene rings is 1. The summed E-state index contributed by atoms with van der Waals surface area (Å²) >= 11 is 0. The van der Waals surface area contributed by atoms with E-state index in [-0.39, 0.29) is 12.0 Å². The van der Waals surface area contributed by atoms with Gasteiger partial charge in [0.1, 0.15) is 6.04 Å². The second kappa shape index (κ2) is 6.58. The van der Waals surface area contributed by atoms with Crippen LogP contribution in [0, 0.1) is 38.5 Å². The third kappa shape index (κ3) is 3.33. The molecule has 1 aliphatic rings. The van der Waals surface area contributed by atoms with E-state index in [0.29, 0.717) is 4.90 Å². The zero-order valence-corrected chi connectivity index (χ0v) is 15.7. The molecule has 3 atom stereocenters. The smallest absolute Gasteiger partial charge is 0.384 e. The minimum absolute atomic E-state index is 0.0998. The van der Waals surface area contributed by atoms with Gasteiger partial charge in [-0.05, 0) is 37.8 Å². The number of sulfonamides is 1. The molecule has 1 unspecified atom stereocenters. The maximum Gasteiger partial charge on any atom is 0.384 e. The van der Waals surface area contributed by atoms with Crippen LogP contribution in [0.25, 0.3) is 0 Å². The zero-order valence-electron chi connectivity index (χ0n) is 14.9. The van der Waals surface area contributed by atoms with Gasteiger partial charge in [-0.15, -0.1) is 0 Å². The van der Waals surface area contributed by atoms with Crippen molar-refractivity contribution in [3.05, 3.63) is 28.8 Å². The number of ether oxygens (including phenoxy) is 1. The van der Waals surface area contributed by atoms with Gasteiger partial charge < -0.3 is 4.74 Å². The Morgan fingerprint density at radius 3 is 2.21 bits per heavy atom. The van der Waals surface area contributed by atoms with Crippen molar-refractivity contribution in [1.29, 1.82) is 0 Å². The van der Waals surface area contributed by atoms with Crippen LogP contribution in [0.3, 0.4) is 0 Å². The SMILES string of the molecule is COC(=O)C#C[C@@H]1[C@H](C(C)C)N1S(=O)(=O)c1c(C)cc(C)cc1C. The summed E-state index contributed by atoms with van der Waals surface area (Å²) in [4.78, 5) is 11.6. The second-order valence-electron chi connectivity index (χ2n) is 6.50. The number of esters is 1. The van der Waals surface area contributed by atoms with Crippen molar-refractivity contribution >= 4 is 16.0 Å². The second-order valence-corrected chi connectivity index (χ2v) is 8.28. The van der Waals surface area contributed by atoms with Crippen LogP contribution in [0.2, 0.25) is 0 Å². The molecule has 0 aliphatic carbocycles. The number of carbonyl (C=O) groups is 1. The van der Waals surface area contributed by atoms with Crippen LogP contribution in [-0.2, 0) is 19.6 Å². The normalized spacial score (nSPS) is 22.7. The number of hydrogen-bond acceptors (Lipinski definition) is 4. The first-order chi connectivity index (χ1) is 11.1. The Hall–Kier alpha value is -1.84. The highest BCUT2D eigenvalue weighted by molar-refractivity contribution is 7.89. The Balaban J connectivity index is 2.45. The molecule has 6 heteroatoms. The van der Waals surface area contributed by atoms with Gasteiger partial charge in [-0.25, -0.2) is 13.2 Å². The third-order valence-corrected chi connectivity index (χ3v) is 6.32. The molecule has 1 aliphatic heterocycles. The van der Waals surface area contributed by atoms with E-state index in [4.69, 9.17) is 0 Å². The molecule has 1 heterocycles. The quantitative estimate of drug-likeness (QED) is 0.363. The van der Waals surface area contributed by atoms with Crippen molar-refractivity contribution in [3.63, 3.8) is 0 Å². The average molecular weight is 349 g/mol. The maximum atomic E-state index is 13.1. The first kappa shape index (κ1) is 18.5. The minimum atomic E-state index is -3.66. The molecule has 130 valence electrons. The predicted molar refractivity (Wildman–Crippen MR) is 91.9 cm³/mol. The Kier molecular flexibility index (Phi) is 5.07. The van der Waals surface area contributed by atoms with Crippen molar-refractivity contribution < 1.29 is 17.9 Å². The van der Waals surface area contributed by atoms with Crippen molar-refractivity contribution in [1.82, 2.24) is 4.31 Å². The molecule has 1 saturated heterocycles. The molecular formula is C18H23NO4S. The number of carbonyl (C=O) groups excluding carboxylic acids is 1. The van der Waals surface area contributed by atoms with Crippen molar-refractivity contribution in [2.75, 3.05) is 7.11 Å². The number of hydrogen-bond donors (Lipinski definition) is 0. The molecule has 0 bridgehead atoms. The lowest BCUT2D eigenvalue weighted by atomic mass is 10.1. The standard InChI is InChI=1S/C18H23NO4S/c1-11(2)17-15(7-8-16(20)23-6)19(17)24(21,22)18-13(4)9-12(3)10-14(18)5/h9-11,15,17H,1-6H3/t15-,17+,19?/m1/s1. The summed E-state index contributed by atoms with van der Waals surface area (Å²) in [5, 5.41) is 0. The number of rotatable bonds is 3. The van der Waals surface area contributed by atoms with Gasteiger partial charge in [0.05, 0.1) is 18.0 Å². The average Bonchev–Trinajstić information content (AvgIpc) is 3.18. The van der Waals surface area contributed by atoms with Crippen LogP contribution in [0.5, 0.6) is 0 Å². The number of methoxy groups -OCH3 is 1. The van der Waals surface area contributed by atoms with Crippen LogP contribution < -0.4 is 0 Å². The number of nitrogens with zero attached hydrogens (tertiary/aromatic N) is 1. The van der Waals surface area contributed by atoms with Gasteiger partial charge in [-0.2, -0.15) is 4.31 Å². The van der Waals surface area contributed by atoms with E-state index < -0.39 is 22.0 Å². The monoisotopic (exact) mass is 349 g/mol. The fraction of sp³-hybridized carbons (Fsp3) is 0.500. The van der Waals surface area contributed by atoms with Gasteiger partial charge in [0, 0.05) is 5.92 Å². The lowest BCUT2D eigenvalue weighted by Gasteiger charge is -2.14. The fourth-order valence-electron chi connectivity index (χ4n) is 3.21. The van der Waals surface area contributed by atoms with Crippen molar-refractivity contribution in [2.45, 2.75) is 51.6 Å². The molecule has 0 radical (unpaired) electrons. The number of aryl methyl sites for hydroxylation is 3. The van der Waals surface area contributed by atoms with Gasteiger partial charge in [-0.3, -0.25) is 0 Å². The van der Waals surface area contributed by atoms with Crippen molar-refractivity contribution in [2.24, 2.45) is 5.92 Å². The molecule has 0 saturated carbocycles. The Morgan fingerprint density at radius 1 is 1.21 bits per heavy atom. The van der Waals surface area contributed by atoms with Crippen LogP contribution in [0.15, 0.2) is 17.0 Å². The van der Waals surface area contributed by atoms with E-state index >= 15 is 0 Å². The summed E-state index contributed by atoms with van der Waals surface area (Å²) in [6, 6.07) is 3.01. The molecule has 1 aromatic carbocycles. The molecule has 0 spiro atoms. The van der Waals surface area contributed by atoms with E-state index in [9.17, 15) is 13.2 Å². The minimum Gasteiger partial charge on any atom is -0.459 e. The van der Waals surface area contributed by atoms with Gasteiger partial charge in [0.2, 0.25) is 10.0 Å². The highest BCUT2D eigenvalue weighted by Gasteiger charge is 2.56. The van der Waals surface area contributed by atoms with E-state index in [1.54, 1.807) is 13.8 Å². The fourth-order valence-corrected chi connectivity index (χ4v) is 5.45. The van der Waals surface area contributed by atoms with Crippen molar-refractivity contribution in [3.8, 4) is 11.8 Å². The molecule has 1 fully saturated rings. The molecule has 1 aromatic rings. The van der Waals surface area contributed by atoms with Gasteiger partial charge in [-0.1, -0.05) is 37.5 Å². The highest BCUT2D eigenvalue weighted by atomic mass is 32.2. The van der Waals surface area contributed by atoms with Crippen LogP contribution >= 0.6 is 0 Å². The first-order valence-corrected chi connectivity index (χ1v) is 9.26. The molecule has 2 rings (SSSR count). The summed E-state index contributed by atoms with van der Waals surface area (Å²) in [6.07, 6.45) is 0. The Morgan fingerprint density at radius 2 is 1.75 bits per heavy atom. The third-order valence-electron chi connectivity index (χ3n) is 4.13. The van der Waals surface area contributed by atoms with Crippen LogP contribution in [0.4, 0.5) is 0 Å². The van der Waals surface area contributed by atoms with E-state index in [0.717, 1.165) is 16.7 Å². The molecule has 5 nitrogen and oxygen atoms in total. The molecule has 24 heavy (non-hydrogen) atoms. The molecule has 0 amide bonds. The Labute approximate surface area is 144 Å². The largest absolute Gasteiger partial charge is 0.459 e. The van der Waals surface area contributed by atoms with Gasteiger partial charge >= 0.3 is 5.97 Å². The Bertz CT molecular complexity index is 807. The predicted octanol–water partition coefficient (Wildman–Crippen LogP) is 2.19. The summed E-state index contributed by atoms with van der Waals surface area (Å²) in [7, 11) is -2.42. The van der Waals surface area contributed by atoms with Crippen LogP contribution in [0.1, 0.15) is 30.5 Å². The summed E-state index contributed by atoms with van der Waals surface area (Å²) in [5.74, 6) is 4.53. The lowest BCUT2D eigenvalue weighted by molar-refractivity contribution is -0.133. The first-order valence-electron chi connectivity index (χ1n) is 7.82. The summed E-state index contributed by atoms with van der Waals surface area (Å²) in [6.45, 7) is 9.44. The van der Waals surface area contributed by atoms with Gasteiger partial charge in [0.25, 0.3) is 0 Å². The molecule has 0 N–H and O–H groups in total. The van der Waals surface area contributed by atoms with Gasteiger partial charge in [0.15, 0.2) is 0 Å². The summed E-state index contributed by atoms with van der Waals surface area (Å²) < 4.78 is 32.2. The maximum absolute atomic E-state index is 13.1. The topological polar surface area (TPSA) is 63.5 Å². The zero-order chi connectivity index (χ0) is 18.2. The lowest BCUT2D eigenvalue weighted by Crippen LogP contribution is -2.19. The molecular weight excluding hydrogens is 326 g/mol. The summed E-state index contributed by atoms with van der Waals surface area (Å²) in [5.41, 5.74) is 2.47. The van der Waals surface area contributed by atoms with E-state index in [1.165, 1.54) is 11.4 Å².